The zero-order valence-corrected chi connectivity index (χ0v) is 18.5. The maximum absolute atomic E-state index is 13.7. The van der Waals surface area contributed by atoms with Gasteiger partial charge in [0.05, 0.1) is 30.8 Å². The molecule has 32 heavy (non-hydrogen) atoms. The molecule has 168 valence electrons. The van der Waals surface area contributed by atoms with Crippen LogP contribution >= 0.6 is 0 Å². The Morgan fingerprint density at radius 1 is 1.09 bits per heavy atom. The van der Waals surface area contributed by atoms with E-state index in [9.17, 15) is 9.59 Å². The molecule has 1 amide bonds. The van der Waals surface area contributed by atoms with E-state index in [1.165, 1.54) is 0 Å². The van der Waals surface area contributed by atoms with Crippen LogP contribution in [0.2, 0.25) is 0 Å². The number of fused-ring (bicyclic) bond motifs is 3. The van der Waals surface area contributed by atoms with Crippen LogP contribution in [0, 0.1) is 5.92 Å². The summed E-state index contributed by atoms with van der Waals surface area (Å²) in [6, 6.07) is 14.4. The number of hydrogen-bond acceptors (Lipinski definition) is 6. The van der Waals surface area contributed by atoms with Gasteiger partial charge in [-0.2, -0.15) is 0 Å². The molecule has 0 saturated heterocycles. The number of rotatable bonds is 8. The van der Waals surface area contributed by atoms with Crippen molar-refractivity contribution in [2.24, 2.45) is 5.92 Å². The molecule has 8 nitrogen and oxygen atoms in total. The van der Waals surface area contributed by atoms with Crippen molar-refractivity contribution in [3.8, 4) is 5.75 Å². The molecule has 0 fully saturated rings. The second-order valence-corrected chi connectivity index (χ2v) is 7.52. The van der Waals surface area contributed by atoms with Gasteiger partial charge in [0.1, 0.15) is 5.75 Å². The highest BCUT2D eigenvalue weighted by Gasteiger charge is 2.48. The molecule has 2 heterocycles. The summed E-state index contributed by atoms with van der Waals surface area (Å²) in [4.78, 5) is 33.3. The molecular formula is C24H27N3O5. The maximum Gasteiger partial charge on any atom is 0.321 e. The van der Waals surface area contributed by atoms with E-state index >= 15 is 0 Å². The molecule has 2 atom stereocenters. The minimum absolute atomic E-state index is 0.183. The lowest BCUT2D eigenvalue weighted by molar-refractivity contribution is -0.153. The summed E-state index contributed by atoms with van der Waals surface area (Å²) < 4.78 is 18.1. The first-order chi connectivity index (χ1) is 15.6. The van der Waals surface area contributed by atoms with Crippen LogP contribution in [-0.2, 0) is 19.1 Å². The second kappa shape index (κ2) is 9.40. The van der Waals surface area contributed by atoms with Gasteiger partial charge in [0.15, 0.2) is 5.92 Å². The van der Waals surface area contributed by atoms with Gasteiger partial charge in [0.2, 0.25) is 11.9 Å². The van der Waals surface area contributed by atoms with Crippen LogP contribution in [-0.4, -0.2) is 55.4 Å². The summed E-state index contributed by atoms with van der Waals surface area (Å²) >= 11 is 0. The molecule has 0 unspecified atom stereocenters. The molecule has 0 aliphatic carbocycles. The van der Waals surface area contributed by atoms with E-state index in [0.29, 0.717) is 31.3 Å². The number of carbonyl (C=O) groups excluding carboxylic acids is 2. The molecule has 1 aliphatic heterocycles. The lowest BCUT2D eigenvalue weighted by Gasteiger charge is -2.38. The fraction of sp³-hybridized carbons (Fsp3) is 0.375. The Labute approximate surface area is 186 Å². The number of hydrogen-bond donors (Lipinski definition) is 0. The van der Waals surface area contributed by atoms with Gasteiger partial charge in [0.25, 0.3) is 0 Å². The number of esters is 1. The van der Waals surface area contributed by atoms with Crippen molar-refractivity contribution in [1.29, 1.82) is 0 Å². The highest BCUT2D eigenvalue weighted by Crippen LogP contribution is 2.43. The van der Waals surface area contributed by atoms with E-state index in [1.807, 2.05) is 53.1 Å². The van der Waals surface area contributed by atoms with E-state index in [-0.39, 0.29) is 12.5 Å². The number of methoxy groups -OCH3 is 2. The molecule has 1 aromatic heterocycles. The van der Waals surface area contributed by atoms with E-state index in [1.54, 1.807) is 26.0 Å². The Morgan fingerprint density at radius 2 is 1.84 bits per heavy atom. The highest BCUT2D eigenvalue weighted by molar-refractivity contribution is 6.08. The fourth-order valence-corrected chi connectivity index (χ4v) is 4.32. The van der Waals surface area contributed by atoms with Gasteiger partial charge in [-0.25, -0.2) is 4.98 Å². The van der Waals surface area contributed by atoms with Gasteiger partial charge >= 0.3 is 5.97 Å². The first-order valence-corrected chi connectivity index (χ1v) is 10.7. The molecular weight excluding hydrogens is 410 g/mol. The molecule has 3 aromatic rings. The van der Waals surface area contributed by atoms with Crippen molar-refractivity contribution < 1.29 is 23.8 Å². The maximum atomic E-state index is 13.7. The molecule has 0 radical (unpaired) electrons. The van der Waals surface area contributed by atoms with Crippen LogP contribution in [0.1, 0.15) is 24.9 Å². The Bertz CT molecular complexity index is 1130. The van der Waals surface area contributed by atoms with Crippen LogP contribution in [0.25, 0.3) is 11.0 Å². The highest BCUT2D eigenvalue weighted by atomic mass is 16.5. The molecule has 0 N–H and O–H groups in total. The molecule has 0 saturated carbocycles. The predicted octanol–water partition coefficient (Wildman–Crippen LogP) is 3.20. The molecule has 4 rings (SSSR count). The van der Waals surface area contributed by atoms with Gasteiger partial charge in [-0.1, -0.05) is 30.3 Å². The van der Waals surface area contributed by atoms with Gasteiger partial charge in [-0.3, -0.25) is 14.5 Å². The first kappa shape index (κ1) is 21.8. The van der Waals surface area contributed by atoms with E-state index in [4.69, 9.17) is 19.2 Å². The van der Waals surface area contributed by atoms with Crippen molar-refractivity contribution in [1.82, 2.24) is 9.55 Å². The number of ether oxygens (including phenoxy) is 3. The zero-order valence-electron chi connectivity index (χ0n) is 18.5. The fourth-order valence-electron chi connectivity index (χ4n) is 4.32. The monoisotopic (exact) mass is 437 g/mol. The predicted molar refractivity (Wildman–Crippen MR) is 120 cm³/mol. The topological polar surface area (TPSA) is 82.9 Å². The summed E-state index contributed by atoms with van der Waals surface area (Å²) in [5.41, 5.74) is 2.30. The lowest BCUT2D eigenvalue weighted by atomic mass is 9.88. The molecule has 0 spiro atoms. The summed E-state index contributed by atoms with van der Waals surface area (Å²) in [5.74, 6) is -0.870. The smallest absolute Gasteiger partial charge is 0.321 e. The van der Waals surface area contributed by atoms with Crippen LogP contribution in [0.3, 0.4) is 0 Å². The largest absolute Gasteiger partial charge is 0.496 e. The van der Waals surface area contributed by atoms with E-state index < -0.39 is 17.9 Å². The standard InChI is InChI=1S/C24H27N3O5/c1-4-32-23(29)20-21(16-10-5-8-13-19(16)31-3)27-18-12-7-6-11-17(18)25-24(27)26(22(20)28)14-9-15-30-2/h5-8,10-13,20-21H,4,9,14-15H2,1-3H3/t20-,21+/m0/s1. The zero-order chi connectivity index (χ0) is 22.7. The van der Waals surface area contributed by atoms with Crippen molar-refractivity contribution in [2.75, 3.05) is 38.9 Å². The van der Waals surface area contributed by atoms with Gasteiger partial charge in [-0.15, -0.1) is 0 Å². The lowest BCUT2D eigenvalue weighted by Crippen LogP contribution is -2.50. The van der Waals surface area contributed by atoms with Crippen LogP contribution in [0.5, 0.6) is 5.75 Å². The van der Waals surface area contributed by atoms with Gasteiger partial charge in [-0.05, 0) is 31.5 Å². The average Bonchev–Trinajstić information content (AvgIpc) is 3.19. The van der Waals surface area contributed by atoms with Crippen molar-refractivity contribution in [3.63, 3.8) is 0 Å². The van der Waals surface area contributed by atoms with Crippen molar-refractivity contribution in [3.05, 3.63) is 54.1 Å². The third-order valence-corrected chi connectivity index (χ3v) is 5.67. The summed E-state index contributed by atoms with van der Waals surface area (Å²) in [5, 5.41) is 0. The molecule has 8 heteroatoms. The molecule has 2 aromatic carbocycles. The minimum atomic E-state index is -1.07. The van der Waals surface area contributed by atoms with E-state index in [0.717, 1.165) is 16.6 Å². The summed E-state index contributed by atoms with van der Waals surface area (Å²) in [6.07, 6.45) is 0.611. The quantitative estimate of drug-likeness (QED) is 0.306. The Hall–Kier alpha value is -3.39. The van der Waals surface area contributed by atoms with Gasteiger partial charge < -0.3 is 18.8 Å². The minimum Gasteiger partial charge on any atom is -0.496 e. The number of benzene rings is 2. The average molecular weight is 437 g/mol. The third kappa shape index (κ3) is 3.71. The number of para-hydroxylation sites is 3. The molecule has 1 aliphatic rings. The summed E-state index contributed by atoms with van der Waals surface area (Å²) in [6.45, 7) is 2.79. The number of anilines is 1. The van der Waals surface area contributed by atoms with Gasteiger partial charge in [0, 0.05) is 25.8 Å². The van der Waals surface area contributed by atoms with Crippen LogP contribution in [0.4, 0.5) is 5.95 Å². The first-order valence-electron chi connectivity index (χ1n) is 10.7. The normalized spacial score (nSPS) is 18.0. The Kier molecular flexibility index (Phi) is 6.41. The Balaban J connectivity index is 1.97. The van der Waals surface area contributed by atoms with Crippen molar-refractivity contribution >= 4 is 28.9 Å². The molecule has 0 bridgehead atoms. The second-order valence-electron chi connectivity index (χ2n) is 7.52. The summed E-state index contributed by atoms with van der Waals surface area (Å²) in [7, 11) is 3.19. The number of aromatic nitrogens is 2. The third-order valence-electron chi connectivity index (χ3n) is 5.67. The SMILES string of the molecule is CCOC(=O)[C@@H]1C(=O)N(CCCOC)c2nc3ccccc3n2[C@@H]1c1ccccc1OC. The van der Waals surface area contributed by atoms with E-state index in [2.05, 4.69) is 0 Å². The number of amides is 1. The number of nitrogens with zero attached hydrogens (tertiary/aromatic N) is 3. The van der Waals surface area contributed by atoms with Crippen LogP contribution in [0.15, 0.2) is 48.5 Å². The van der Waals surface area contributed by atoms with Crippen LogP contribution < -0.4 is 9.64 Å². The Morgan fingerprint density at radius 3 is 2.59 bits per heavy atom. The number of imidazole rings is 1. The number of carbonyl (C=O) groups is 2. The van der Waals surface area contributed by atoms with Crippen molar-refractivity contribution in [2.45, 2.75) is 19.4 Å².